The number of hydrogen-bond donors (Lipinski definition) is 1. The summed E-state index contributed by atoms with van der Waals surface area (Å²) in [5.41, 5.74) is 0. The van der Waals surface area contributed by atoms with Crippen molar-refractivity contribution in [3.63, 3.8) is 0 Å². The minimum atomic E-state index is -5.06. The van der Waals surface area contributed by atoms with Gasteiger partial charge in [-0.05, 0) is 18.2 Å². The monoisotopic (exact) mass is 276 g/mol. The molecule has 0 aliphatic heterocycles. The summed E-state index contributed by atoms with van der Waals surface area (Å²) >= 11 is 5.38. The van der Waals surface area contributed by atoms with Crippen LogP contribution >= 0.6 is 11.6 Å². The molecule has 0 amide bonds. The summed E-state index contributed by atoms with van der Waals surface area (Å²) in [5, 5.41) is -0.151. The van der Waals surface area contributed by atoms with Gasteiger partial charge in [0.15, 0.2) is 5.75 Å². The third-order valence-corrected chi connectivity index (χ3v) is 2.52. The summed E-state index contributed by atoms with van der Waals surface area (Å²) in [6, 6.07) is 2.34. The van der Waals surface area contributed by atoms with Crippen LogP contribution in [-0.2, 0) is 10.1 Å². The lowest BCUT2D eigenvalue weighted by Crippen LogP contribution is -2.18. The molecule has 0 spiro atoms. The Morgan fingerprint density at radius 3 is 2.31 bits per heavy atom. The van der Waals surface area contributed by atoms with Gasteiger partial charge in [0.1, 0.15) is 4.90 Å². The first-order valence-electron chi connectivity index (χ1n) is 3.62. The second-order valence-electron chi connectivity index (χ2n) is 2.61. The number of alkyl halides is 3. The van der Waals surface area contributed by atoms with Gasteiger partial charge in [0, 0.05) is 5.02 Å². The van der Waals surface area contributed by atoms with E-state index in [-0.39, 0.29) is 5.02 Å². The van der Waals surface area contributed by atoms with Gasteiger partial charge in [-0.1, -0.05) is 11.6 Å². The predicted octanol–water partition coefficient (Wildman–Crippen LogP) is 2.49. The SMILES string of the molecule is O=S(=O)(O)c1cc(Cl)ccc1OC(F)(F)F. The molecule has 0 heterocycles. The average molecular weight is 277 g/mol. The van der Waals surface area contributed by atoms with Crippen LogP contribution < -0.4 is 4.74 Å². The van der Waals surface area contributed by atoms with Crippen LogP contribution in [0.5, 0.6) is 5.75 Å². The van der Waals surface area contributed by atoms with E-state index >= 15 is 0 Å². The Labute approximate surface area is 93.3 Å². The van der Waals surface area contributed by atoms with E-state index in [1.807, 2.05) is 0 Å². The maximum atomic E-state index is 11.9. The summed E-state index contributed by atoms with van der Waals surface area (Å²) in [6.45, 7) is 0. The van der Waals surface area contributed by atoms with E-state index in [0.29, 0.717) is 12.1 Å². The number of ether oxygens (including phenoxy) is 1. The Kier molecular flexibility index (Phi) is 3.36. The molecule has 90 valence electrons. The van der Waals surface area contributed by atoms with Crippen LogP contribution in [-0.4, -0.2) is 19.3 Å². The highest BCUT2D eigenvalue weighted by atomic mass is 35.5. The van der Waals surface area contributed by atoms with E-state index in [1.165, 1.54) is 0 Å². The van der Waals surface area contributed by atoms with Crippen LogP contribution in [0.4, 0.5) is 13.2 Å². The van der Waals surface area contributed by atoms with Crippen LogP contribution in [0.15, 0.2) is 23.1 Å². The van der Waals surface area contributed by atoms with Crippen molar-refractivity contribution < 1.29 is 30.9 Å². The normalized spacial score (nSPS) is 12.6. The lowest BCUT2D eigenvalue weighted by Gasteiger charge is -2.11. The molecule has 0 unspecified atom stereocenters. The Balaban J connectivity index is 3.30. The molecule has 0 bridgehead atoms. The topological polar surface area (TPSA) is 63.6 Å². The minimum Gasteiger partial charge on any atom is -0.404 e. The number of hydrogen-bond acceptors (Lipinski definition) is 3. The van der Waals surface area contributed by atoms with Gasteiger partial charge in [-0.15, -0.1) is 13.2 Å². The predicted molar refractivity (Wildman–Crippen MR) is 47.9 cm³/mol. The third kappa shape index (κ3) is 3.54. The number of halogens is 4. The highest BCUT2D eigenvalue weighted by Gasteiger charge is 2.33. The second kappa shape index (κ2) is 4.11. The van der Waals surface area contributed by atoms with E-state index in [2.05, 4.69) is 4.74 Å². The van der Waals surface area contributed by atoms with Gasteiger partial charge in [-0.25, -0.2) is 0 Å². The van der Waals surface area contributed by atoms with Gasteiger partial charge in [0.25, 0.3) is 10.1 Å². The Morgan fingerprint density at radius 1 is 1.31 bits per heavy atom. The maximum absolute atomic E-state index is 11.9. The second-order valence-corrected chi connectivity index (χ2v) is 4.44. The molecule has 1 rings (SSSR count). The zero-order valence-corrected chi connectivity index (χ0v) is 8.90. The fraction of sp³-hybridized carbons (Fsp3) is 0.143. The Hall–Kier alpha value is -0.990. The van der Waals surface area contributed by atoms with Crippen molar-refractivity contribution in [2.45, 2.75) is 11.3 Å². The first-order chi connectivity index (χ1) is 7.09. The Bertz CT molecular complexity index is 497. The van der Waals surface area contributed by atoms with E-state index in [0.717, 1.165) is 6.07 Å². The first-order valence-corrected chi connectivity index (χ1v) is 5.44. The smallest absolute Gasteiger partial charge is 0.404 e. The minimum absolute atomic E-state index is 0.151. The number of rotatable bonds is 2. The average Bonchev–Trinajstić information content (AvgIpc) is 2.04. The van der Waals surface area contributed by atoms with E-state index in [4.69, 9.17) is 16.2 Å². The van der Waals surface area contributed by atoms with Crippen molar-refractivity contribution in [1.82, 2.24) is 0 Å². The lowest BCUT2D eigenvalue weighted by atomic mass is 10.3. The third-order valence-electron chi connectivity index (χ3n) is 1.41. The highest BCUT2D eigenvalue weighted by Crippen LogP contribution is 2.31. The van der Waals surface area contributed by atoms with Crippen LogP contribution in [0.1, 0.15) is 0 Å². The van der Waals surface area contributed by atoms with Crippen LogP contribution in [0, 0.1) is 0 Å². The van der Waals surface area contributed by atoms with Gasteiger partial charge in [-0.3, -0.25) is 4.55 Å². The Morgan fingerprint density at radius 2 is 1.88 bits per heavy atom. The lowest BCUT2D eigenvalue weighted by molar-refractivity contribution is -0.275. The molecule has 0 aliphatic carbocycles. The molecule has 0 radical (unpaired) electrons. The molecule has 1 aromatic rings. The quantitative estimate of drug-likeness (QED) is 0.843. The maximum Gasteiger partial charge on any atom is 0.573 e. The summed E-state index contributed by atoms with van der Waals surface area (Å²) in [7, 11) is -4.84. The largest absolute Gasteiger partial charge is 0.573 e. The molecule has 9 heteroatoms. The zero-order chi connectivity index (χ0) is 12.6. The molecular formula is C7H4ClF3O4S. The first kappa shape index (κ1) is 13.1. The van der Waals surface area contributed by atoms with Gasteiger partial charge in [0.05, 0.1) is 0 Å². The molecule has 0 aromatic heterocycles. The fourth-order valence-corrected chi connectivity index (χ4v) is 1.77. The van der Waals surface area contributed by atoms with Crippen molar-refractivity contribution in [2.75, 3.05) is 0 Å². The van der Waals surface area contributed by atoms with E-state index in [9.17, 15) is 21.6 Å². The molecule has 16 heavy (non-hydrogen) atoms. The molecule has 0 atom stereocenters. The molecule has 4 nitrogen and oxygen atoms in total. The van der Waals surface area contributed by atoms with Crippen LogP contribution in [0.3, 0.4) is 0 Å². The highest BCUT2D eigenvalue weighted by molar-refractivity contribution is 7.86. The van der Waals surface area contributed by atoms with Crippen molar-refractivity contribution >= 4 is 21.7 Å². The van der Waals surface area contributed by atoms with Gasteiger partial charge in [-0.2, -0.15) is 8.42 Å². The molecule has 1 N–H and O–H groups in total. The number of benzene rings is 1. The molecule has 0 saturated carbocycles. The molecule has 0 fully saturated rings. The fourth-order valence-electron chi connectivity index (χ4n) is 0.892. The van der Waals surface area contributed by atoms with Gasteiger partial charge >= 0.3 is 6.36 Å². The van der Waals surface area contributed by atoms with Crippen molar-refractivity contribution in [3.8, 4) is 5.75 Å². The van der Waals surface area contributed by atoms with Crippen molar-refractivity contribution in [1.29, 1.82) is 0 Å². The van der Waals surface area contributed by atoms with Crippen LogP contribution in [0.2, 0.25) is 5.02 Å². The molecule has 0 aliphatic rings. The standard InChI is InChI=1S/C7H4ClF3O4S/c8-4-1-2-5(15-7(9,10)11)6(3-4)16(12,13)14/h1-3H,(H,12,13,14). The van der Waals surface area contributed by atoms with Crippen molar-refractivity contribution in [3.05, 3.63) is 23.2 Å². The molecule has 1 aromatic carbocycles. The van der Waals surface area contributed by atoms with E-state index < -0.39 is 27.1 Å². The molecular weight excluding hydrogens is 273 g/mol. The summed E-state index contributed by atoms with van der Waals surface area (Å²) in [6.07, 6.45) is -5.06. The van der Waals surface area contributed by atoms with Gasteiger partial charge < -0.3 is 4.74 Å². The summed E-state index contributed by atoms with van der Waals surface area (Å²) < 4.78 is 69.2. The van der Waals surface area contributed by atoms with E-state index in [1.54, 1.807) is 0 Å². The summed E-state index contributed by atoms with van der Waals surface area (Å²) in [4.78, 5) is -1.04. The van der Waals surface area contributed by atoms with Gasteiger partial charge in [0.2, 0.25) is 0 Å². The molecule has 0 saturated heterocycles. The van der Waals surface area contributed by atoms with Crippen molar-refractivity contribution in [2.24, 2.45) is 0 Å². The van der Waals surface area contributed by atoms with Crippen LogP contribution in [0.25, 0.3) is 0 Å². The summed E-state index contributed by atoms with van der Waals surface area (Å²) in [5.74, 6) is -1.04. The zero-order valence-electron chi connectivity index (χ0n) is 7.32.